The lowest BCUT2D eigenvalue weighted by Gasteiger charge is -2.23. The Hall–Kier alpha value is -2.19. The van der Waals surface area contributed by atoms with Crippen molar-refractivity contribution >= 4 is 0 Å². The lowest BCUT2D eigenvalue weighted by molar-refractivity contribution is -0.154. The summed E-state index contributed by atoms with van der Waals surface area (Å²) < 4.78 is 47.2. The Balaban J connectivity index is 1.40. The summed E-state index contributed by atoms with van der Waals surface area (Å²) in [6.45, 7) is -0.478. The number of aromatic nitrogens is 2. The molecule has 0 spiro atoms. The van der Waals surface area contributed by atoms with Crippen LogP contribution in [0.2, 0.25) is 0 Å². The summed E-state index contributed by atoms with van der Waals surface area (Å²) in [6, 6.07) is 9.82. The highest BCUT2D eigenvalue weighted by atomic mass is 19.4. The van der Waals surface area contributed by atoms with Gasteiger partial charge in [-0.2, -0.15) is 18.2 Å². The number of halogens is 3. The average molecular weight is 365 g/mol. The molecule has 5 nitrogen and oxygen atoms in total. The maximum absolute atomic E-state index is 12.2. The van der Waals surface area contributed by atoms with Gasteiger partial charge in [0.2, 0.25) is 0 Å². The van der Waals surface area contributed by atoms with Gasteiger partial charge in [-0.05, 0) is 23.6 Å². The van der Waals surface area contributed by atoms with Crippen molar-refractivity contribution < 1.29 is 22.6 Å². The predicted octanol–water partition coefficient (Wildman–Crippen LogP) is 2.81. The molecule has 0 aliphatic carbocycles. The highest BCUT2D eigenvalue weighted by molar-refractivity contribution is 5.29. The number of hydrogen-bond acceptors (Lipinski definition) is 5. The minimum absolute atomic E-state index is 0.0872. The largest absolute Gasteiger partial charge is 0.454 e. The molecule has 0 radical (unpaired) electrons. The third-order valence-electron chi connectivity index (χ3n) is 4.58. The SMILES string of the molecule is FC(F)(F)COc1nccc(Cc2ccc([C@@H]3O[C@H]4CN[C@@H]3C4)cc2)n1. The van der Waals surface area contributed by atoms with Gasteiger partial charge in [-0.25, -0.2) is 4.98 Å². The van der Waals surface area contributed by atoms with Crippen LogP contribution in [-0.2, 0) is 11.2 Å². The van der Waals surface area contributed by atoms with Crippen molar-refractivity contribution in [3.8, 4) is 6.01 Å². The van der Waals surface area contributed by atoms with Crippen LogP contribution in [0.4, 0.5) is 13.2 Å². The average Bonchev–Trinajstić information content (AvgIpc) is 3.24. The van der Waals surface area contributed by atoms with Gasteiger partial charge >= 0.3 is 12.2 Å². The van der Waals surface area contributed by atoms with Crippen molar-refractivity contribution in [1.29, 1.82) is 0 Å². The summed E-state index contributed by atoms with van der Waals surface area (Å²) in [7, 11) is 0. The normalized spacial score (nSPS) is 24.8. The van der Waals surface area contributed by atoms with Gasteiger partial charge in [0, 0.05) is 25.2 Å². The molecular formula is C18H18F3N3O2. The summed E-state index contributed by atoms with van der Waals surface area (Å²) >= 11 is 0. The summed E-state index contributed by atoms with van der Waals surface area (Å²) in [5.41, 5.74) is 2.73. The molecule has 4 rings (SSSR count). The van der Waals surface area contributed by atoms with Gasteiger partial charge in [0.1, 0.15) is 0 Å². The topological polar surface area (TPSA) is 56.3 Å². The Kier molecular flexibility index (Phi) is 4.54. The van der Waals surface area contributed by atoms with Gasteiger partial charge in [-0.3, -0.25) is 0 Å². The summed E-state index contributed by atoms with van der Waals surface area (Å²) in [4.78, 5) is 7.75. The van der Waals surface area contributed by atoms with Crippen LogP contribution in [0.15, 0.2) is 36.5 Å². The molecule has 1 aromatic heterocycles. The van der Waals surface area contributed by atoms with E-state index in [0.717, 1.165) is 24.1 Å². The standard InChI is InChI=1S/C18H18F3N3O2/c19-18(20,21)10-25-17-22-6-5-13(24-17)7-11-1-3-12(4-2-11)16-15-8-14(26-16)9-23-15/h1-6,14-16,23H,7-10H2/t14-,15-,16+/m1/s1. The first-order chi connectivity index (χ1) is 12.5. The Bertz CT molecular complexity index is 767. The molecule has 3 atom stereocenters. The Morgan fingerprint density at radius 3 is 2.65 bits per heavy atom. The zero-order valence-electron chi connectivity index (χ0n) is 13.9. The molecule has 138 valence electrons. The molecule has 0 saturated carbocycles. The Morgan fingerprint density at radius 2 is 2.00 bits per heavy atom. The predicted molar refractivity (Wildman–Crippen MR) is 86.9 cm³/mol. The molecule has 2 saturated heterocycles. The molecule has 2 aliphatic rings. The van der Waals surface area contributed by atoms with E-state index in [-0.39, 0.29) is 12.1 Å². The van der Waals surface area contributed by atoms with Crippen molar-refractivity contribution in [3.63, 3.8) is 0 Å². The highest BCUT2D eigenvalue weighted by Crippen LogP contribution is 2.36. The first-order valence-corrected chi connectivity index (χ1v) is 8.45. The molecular weight excluding hydrogens is 347 g/mol. The number of nitrogens with one attached hydrogen (secondary N) is 1. The number of benzene rings is 1. The molecule has 2 aliphatic heterocycles. The quantitative estimate of drug-likeness (QED) is 0.883. The fourth-order valence-electron chi connectivity index (χ4n) is 3.40. The van der Waals surface area contributed by atoms with Crippen molar-refractivity contribution in [2.24, 2.45) is 0 Å². The van der Waals surface area contributed by atoms with Crippen LogP contribution in [0.3, 0.4) is 0 Å². The zero-order valence-corrected chi connectivity index (χ0v) is 13.9. The smallest absolute Gasteiger partial charge is 0.422 e. The number of rotatable bonds is 5. The van der Waals surface area contributed by atoms with Crippen LogP contribution in [-0.4, -0.2) is 41.4 Å². The van der Waals surface area contributed by atoms with Crippen molar-refractivity contribution in [2.75, 3.05) is 13.2 Å². The molecule has 3 heterocycles. The minimum Gasteiger partial charge on any atom is -0.454 e. The number of ether oxygens (including phenoxy) is 2. The lowest BCUT2D eigenvalue weighted by atomic mass is 10.0. The molecule has 26 heavy (non-hydrogen) atoms. The number of morpholine rings is 1. The molecule has 0 unspecified atom stereocenters. The second kappa shape index (κ2) is 6.85. The van der Waals surface area contributed by atoms with Crippen LogP contribution >= 0.6 is 0 Å². The third-order valence-corrected chi connectivity index (χ3v) is 4.58. The van der Waals surface area contributed by atoms with Gasteiger partial charge in [-0.1, -0.05) is 24.3 Å². The number of hydrogen-bond donors (Lipinski definition) is 1. The third kappa shape index (κ3) is 3.96. The lowest BCUT2D eigenvalue weighted by Crippen LogP contribution is -2.33. The Labute approximate surface area is 148 Å². The van der Waals surface area contributed by atoms with Crippen LogP contribution in [0.5, 0.6) is 6.01 Å². The van der Waals surface area contributed by atoms with Crippen LogP contribution in [0, 0.1) is 0 Å². The maximum atomic E-state index is 12.2. The number of nitrogens with zero attached hydrogens (tertiary/aromatic N) is 2. The monoisotopic (exact) mass is 365 g/mol. The van der Waals surface area contributed by atoms with E-state index in [9.17, 15) is 13.2 Å². The second-order valence-corrected chi connectivity index (χ2v) is 6.58. The van der Waals surface area contributed by atoms with E-state index in [0.29, 0.717) is 24.3 Å². The van der Waals surface area contributed by atoms with Crippen molar-refractivity contribution in [2.45, 2.75) is 37.3 Å². The number of fused-ring (bicyclic) bond motifs is 2. The molecule has 2 bridgehead atoms. The molecule has 1 N–H and O–H groups in total. The van der Waals surface area contributed by atoms with E-state index >= 15 is 0 Å². The summed E-state index contributed by atoms with van der Waals surface area (Å²) in [5.74, 6) is 0. The molecule has 2 aromatic rings. The molecule has 8 heteroatoms. The van der Waals surface area contributed by atoms with Crippen molar-refractivity contribution in [1.82, 2.24) is 15.3 Å². The highest BCUT2D eigenvalue weighted by Gasteiger charge is 2.41. The van der Waals surface area contributed by atoms with Crippen LogP contribution in [0.1, 0.15) is 29.3 Å². The summed E-state index contributed by atoms with van der Waals surface area (Å²) in [6.07, 6.45) is -1.08. The van der Waals surface area contributed by atoms with Gasteiger partial charge < -0.3 is 14.8 Å². The molecule has 0 amide bonds. The van der Waals surface area contributed by atoms with Crippen LogP contribution in [0.25, 0.3) is 0 Å². The molecule has 2 fully saturated rings. The summed E-state index contributed by atoms with van der Waals surface area (Å²) in [5, 5.41) is 3.45. The van der Waals surface area contributed by atoms with E-state index < -0.39 is 12.8 Å². The van der Waals surface area contributed by atoms with E-state index in [1.807, 2.05) is 24.3 Å². The maximum Gasteiger partial charge on any atom is 0.422 e. The van der Waals surface area contributed by atoms with E-state index in [4.69, 9.17) is 4.74 Å². The van der Waals surface area contributed by atoms with Crippen LogP contribution < -0.4 is 10.1 Å². The van der Waals surface area contributed by atoms with E-state index in [2.05, 4.69) is 20.0 Å². The first-order valence-electron chi connectivity index (χ1n) is 8.45. The van der Waals surface area contributed by atoms with Gasteiger partial charge in [-0.15, -0.1) is 0 Å². The Morgan fingerprint density at radius 1 is 1.19 bits per heavy atom. The number of alkyl halides is 3. The second-order valence-electron chi connectivity index (χ2n) is 6.58. The van der Waals surface area contributed by atoms with Crippen molar-refractivity contribution in [3.05, 3.63) is 53.3 Å². The fourth-order valence-corrected chi connectivity index (χ4v) is 3.40. The van der Waals surface area contributed by atoms with Gasteiger partial charge in [0.05, 0.1) is 17.9 Å². The molecule has 1 aromatic carbocycles. The van der Waals surface area contributed by atoms with Gasteiger partial charge in [0.15, 0.2) is 6.61 Å². The fraction of sp³-hybridized carbons (Fsp3) is 0.444. The first kappa shape index (κ1) is 17.2. The van der Waals surface area contributed by atoms with E-state index in [1.165, 1.54) is 6.20 Å². The van der Waals surface area contributed by atoms with Gasteiger partial charge in [0.25, 0.3) is 0 Å². The zero-order chi connectivity index (χ0) is 18.1. The van der Waals surface area contributed by atoms with E-state index in [1.54, 1.807) is 6.07 Å². The minimum atomic E-state index is -4.41.